The molecule has 0 atom stereocenters. The summed E-state index contributed by atoms with van der Waals surface area (Å²) in [5.74, 6) is 1.38. The number of carbonyl (C=O) groups excluding carboxylic acids is 1. The molecule has 1 heterocycles. The Morgan fingerprint density at radius 2 is 1.81 bits per heavy atom. The number of nitrogens with one attached hydrogen (secondary N) is 1. The first-order valence-corrected chi connectivity index (χ1v) is 11.2. The summed E-state index contributed by atoms with van der Waals surface area (Å²) < 4.78 is 7.79. The monoisotopic (exact) mass is 476 g/mol. The number of aromatic nitrogens is 3. The van der Waals surface area contributed by atoms with Gasteiger partial charge in [-0.3, -0.25) is 9.36 Å². The lowest BCUT2D eigenvalue weighted by atomic mass is 10.1. The zero-order valence-electron chi connectivity index (χ0n) is 17.2. The van der Waals surface area contributed by atoms with Gasteiger partial charge in [-0.15, -0.1) is 16.8 Å². The van der Waals surface area contributed by atoms with Crippen LogP contribution in [-0.4, -0.2) is 26.4 Å². The number of anilines is 1. The number of nitrogens with zero attached hydrogens (tertiary/aromatic N) is 3. The first-order chi connectivity index (χ1) is 14.8. The van der Waals surface area contributed by atoms with Crippen molar-refractivity contribution in [3.63, 3.8) is 0 Å². The molecule has 0 radical (unpaired) electrons. The Hall–Kier alpha value is -2.48. The minimum absolute atomic E-state index is 0.150. The molecule has 0 aliphatic heterocycles. The van der Waals surface area contributed by atoms with Gasteiger partial charge in [0.1, 0.15) is 12.4 Å². The summed E-state index contributed by atoms with van der Waals surface area (Å²) in [5, 5.41) is 12.7. The Balaban J connectivity index is 1.64. The Labute approximate surface area is 195 Å². The smallest absolute Gasteiger partial charge is 0.234 e. The van der Waals surface area contributed by atoms with E-state index in [1.54, 1.807) is 24.3 Å². The fourth-order valence-corrected chi connectivity index (χ4v) is 4.25. The molecule has 2 aromatic carbocycles. The second-order valence-electron chi connectivity index (χ2n) is 6.91. The highest BCUT2D eigenvalue weighted by atomic mass is 35.5. The minimum atomic E-state index is -0.204. The average Bonchev–Trinajstić information content (AvgIpc) is 3.05. The summed E-state index contributed by atoms with van der Waals surface area (Å²) in [5.41, 5.74) is 2.80. The Morgan fingerprint density at radius 3 is 2.45 bits per heavy atom. The van der Waals surface area contributed by atoms with Gasteiger partial charge in [0.05, 0.1) is 5.75 Å². The van der Waals surface area contributed by atoms with Gasteiger partial charge in [-0.25, -0.2) is 0 Å². The summed E-state index contributed by atoms with van der Waals surface area (Å²) in [6.07, 6.45) is 1.75. The van der Waals surface area contributed by atoms with Crippen molar-refractivity contribution in [2.24, 2.45) is 0 Å². The third kappa shape index (κ3) is 6.75. The molecule has 0 saturated heterocycles. The van der Waals surface area contributed by atoms with E-state index in [1.807, 2.05) is 30.5 Å². The van der Waals surface area contributed by atoms with Crippen LogP contribution >= 0.6 is 35.0 Å². The predicted molar refractivity (Wildman–Crippen MR) is 126 cm³/mol. The third-order valence-electron chi connectivity index (χ3n) is 4.15. The maximum absolute atomic E-state index is 12.3. The lowest BCUT2D eigenvalue weighted by Crippen LogP contribution is -2.15. The van der Waals surface area contributed by atoms with Crippen LogP contribution in [0.4, 0.5) is 5.69 Å². The van der Waals surface area contributed by atoms with Gasteiger partial charge in [0.2, 0.25) is 5.91 Å². The van der Waals surface area contributed by atoms with Crippen LogP contribution in [0.2, 0.25) is 10.0 Å². The van der Waals surface area contributed by atoms with E-state index < -0.39 is 0 Å². The molecule has 3 aromatic rings. The number of thioether (sulfide) groups is 1. The normalized spacial score (nSPS) is 10.7. The van der Waals surface area contributed by atoms with Crippen molar-refractivity contribution in [1.29, 1.82) is 0 Å². The minimum Gasteiger partial charge on any atom is -0.486 e. The number of ether oxygens (including phenoxy) is 1. The van der Waals surface area contributed by atoms with Crippen LogP contribution in [-0.2, 0) is 17.9 Å². The number of aryl methyl sites for hydroxylation is 2. The summed E-state index contributed by atoms with van der Waals surface area (Å²) >= 11 is 13.2. The van der Waals surface area contributed by atoms with Crippen molar-refractivity contribution in [3.05, 3.63) is 76.0 Å². The summed E-state index contributed by atoms with van der Waals surface area (Å²) in [7, 11) is 0. The first kappa shape index (κ1) is 23.2. The number of hydrogen-bond donors (Lipinski definition) is 1. The lowest BCUT2D eigenvalue weighted by molar-refractivity contribution is -0.113. The van der Waals surface area contributed by atoms with Gasteiger partial charge in [0, 0.05) is 22.3 Å². The molecule has 0 aliphatic carbocycles. The van der Waals surface area contributed by atoms with Crippen molar-refractivity contribution >= 4 is 46.6 Å². The summed E-state index contributed by atoms with van der Waals surface area (Å²) in [6, 6.07) is 10.9. The molecular weight excluding hydrogens is 455 g/mol. The average molecular weight is 477 g/mol. The molecule has 1 aromatic heterocycles. The van der Waals surface area contributed by atoms with Crippen LogP contribution in [0.25, 0.3) is 0 Å². The van der Waals surface area contributed by atoms with Crippen LogP contribution in [0.5, 0.6) is 5.75 Å². The van der Waals surface area contributed by atoms with E-state index >= 15 is 0 Å². The van der Waals surface area contributed by atoms with Crippen molar-refractivity contribution in [2.75, 3.05) is 11.1 Å². The highest BCUT2D eigenvalue weighted by Gasteiger charge is 2.14. The number of allylic oxidation sites excluding steroid dienone is 1. The molecule has 9 heteroatoms. The van der Waals surface area contributed by atoms with E-state index in [2.05, 4.69) is 28.2 Å². The van der Waals surface area contributed by atoms with E-state index in [1.165, 1.54) is 11.8 Å². The molecule has 0 fully saturated rings. The predicted octanol–water partition coefficient (Wildman–Crippen LogP) is 5.70. The molecule has 0 bridgehead atoms. The van der Waals surface area contributed by atoms with E-state index in [4.69, 9.17) is 27.9 Å². The van der Waals surface area contributed by atoms with Crippen LogP contribution in [0.3, 0.4) is 0 Å². The number of benzene rings is 2. The topological polar surface area (TPSA) is 69.0 Å². The molecule has 6 nitrogen and oxygen atoms in total. The summed E-state index contributed by atoms with van der Waals surface area (Å²) in [4.78, 5) is 12.3. The van der Waals surface area contributed by atoms with Gasteiger partial charge in [-0.1, -0.05) is 47.1 Å². The highest BCUT2D eigenvalue weighted by Crippen LogP contribution is 2.24. The molecule has 31 heavy (non-hydrogen) atoms. The molecule has 1 amide bonds. The molecule has 0 aliphatic rings. The molecule has 3 rings (SSSR count). The van der Waals surface area contributed by atoms with Crippen LogP contribution in [0.1, 0.15) is 17.0 Å². The van der Waals surface area contributed by atoms with E-state index in [9.17, 15) is 4.79 Å². The molecule has 1 N–H and O–H groups in total. The maximum atomic E-state index is 12.3. The molecule has 0 saturated carbocycles. The molecule has 0 spiro atoms. The maximum Gasteiger partial charge on any atom is 0.234 e. The molecule has 0 unspecified atom stereocenters. The van der Waals surface area contributed by atoms with Gasteiger partial charge in [0.25, 0.3) is 0 Å². The van der Waals surface area contributed by atoms with Crippen molar-refractivity contribution in [3.8, 4) is 5.75 Å². The number of amides is 1. The highest BCUT2D eigenvalue weighted by molar-refractivity contribution is 7.99. The second kappa shape index (κ2) is 10.7. The Morgan fingerprint density at radius 1 is 1.13 bits per heavy atom. The van der Waals surface area contributed by atoms with Crippen molar-refractivity contribution in [2.45, 2.75) is 32.2 Å². The molecular formula is C22H22Cl2N4O2S. The zero-order chi connectivity index (χ0) is 22.4. The number of halogens is 2. The number of rotatable bonds is 9. The standard InChI is InChI=1S/C22H22Cl2N4O2S/c1-4-5-28-20(12-30-19-7-14(2)6-15(3)8-19)26-27-22(28)31-13-21(29)25-18-10-16(23)9-17(24)11-18/h4,6-11H,1,5,12-13H2,2-3H3,(H,25,29). The van der Waals surface area contributed by atoms with Crippen molar-refractivity contribution in [1.82, 2.24) is 14.8 Å². The second-order valence-corrected chi connectivity index (χ2v) is 8.72. The quantitative estimate of drug-likeness (QED) is 0.316. The van der Waals surface area contributed by atoms with Gasteiger partial charge in [-0.2, -0.15) is 0 Å². The Kier molecular flexibility index (Phi) is 8.01. The summed E-state index contributed by atoms with van der Waals surface area (Å²) in [6.45, 7) is 8.61. The first-order valence-electron chi connectivity index (χ1n) is 9.47. The van der Waals surface area contributed by atoms with Gasteiger partial charge in [0.15, 0.2) is 11.0 Å². The van der Waals surface area contributed by atoms with Crippen LogP contribution in [0.15, 0.2) is 54.2 Å². The number of carbonyl (C=O) groups is 1. The van der Waals surface area contributed by atoms with Gasteiger partial charge < -0.3 is 10.1 Å². The van der Waals surface area contributed by atoms with Crippen LogP contribution < -0.4 is 10.1 Å². The van der Waals surface area contributed by atoms with E-state index in [0.29, 0.717) is 33.3 Å². The van der Waals surface area contributed by atoms with Gasteiger partial charge >= 0.3 is 0 Å². The van der Waals surface area contributed by atoms with E-state index in [-0.39, 0.29) is 18.3 Å². The molecule has 162 valence electrons. The lowest BCUT2D eigenvalue weighted by Gasteiger charge is -2.10. The van der Waals surface area contributed by atoms with Crippen LogP contribution in [0, 0.1) is 13.8 Å². The van der Waals surface area contributed by atoms with Crippen molar-refractivity contribution < 1.29 is 9.53 Å². The fraction of sp³-hybridized carbons (Fsp3) is 0.227. The van der Waals surface area contributed by atoms with E-state index in [0.717, 1.165) is 16.9 Å². The fourth-order valence-electron chi connectivity index (χ4n) is 2.96. The SMILES string of the molecule is C=CCn1c(COc2cc(C)cc(C)c2)nnc1SCC(=O)Nc1cc(Cl)cc(Cl)c1. The van der Waals surface area contributed by atoms with Gasteiger partial charge in [-0.05, 0) is 55.3 Å². The Bertz CT molecular complexity index is 1060. The number of hydrogen-bond acceptors (Lipinski definition) is 5. The zero-order valence-corrected chi connectivity index (χ0v) is 19.5. The third-order valence-corrected chi connectivity index (χ3v) is 5.55. The largest absolute Gasteiger partial charge is 0.486 e.